The average molecular weight is 585 g/mol. The third kappa shape index (κ3) is 7.19. The number of piperidine rings is 1. The molecule has 2 saturated heterocycles. The Balaban J connectivity index is 1.23. The molecule has 3 N–H and O–H groups in total. The molecule has 5 rings (SSSR count). The van der Waals surface area contributed by atoms with Gasteiger partial charge in [-0.25, -0.2) is 17.8 Å². The summed E-state index contributed by atoms with van der Waals surface area (Å²) in [6, 6.07) is 12.8. The lowest BCUT2D eigenvalue weighted by Crippen LogP contribution is -2.58. The van der Waals surface area contributed by atoms with Gasteiger partial charge >= 0.3 is 0 Å². The van der Waals surface area contributed by atoms with Crippen molar-refractivity contribution in [3.8, 4) is 0 Å². The minimum Gasteiger partial charge on any atom is -0.387 e. The normalized spacial score (nSPS) is 24.2. The van der Waals surface area contributed by atoms with E-state index in [1.807, 2.05) is 13.8 Å². The maximum absolute atomic E-state index is 13.6. The predicted molar refractivity (Wildman–Crippen MR) is 156 cm³/mol. The molecule has 3 aromatic rings. The Morgan fingerprint density at radius 2 is 1.78 bits per heavy atom. The molecule has 2 fully saturated rings. The van der Waals surface area contributed by atoms with Gasteiger partial charge < -0.3 is 20.5 Å². The molecule has 12 heteroatoms. The number of aryl methyl sites for hydroxylation is 1. The zero-order chi connectivity index (χ0) is 29.2. The van der Waals surface area contributed by atoms with Gasteiger partial charge in [0.2, 0.25) is 16.0 Å². The van der Waals surface area contributed by atoms with Crippen LogP contribution in [-0.2, 0) is 14.8 Å². The lowest BCUT2D eigenvalue weighted by atomic mass is 9.93. The van der Waals surface area contributed by atoms with Crippen LogP contribution in [0, 0.1) is 12.7 Å². The molecule has 0 bridgehead atoms. The van der Waals surface area contributed by atoms with Crippen LogP contribution in [0.4, 0.5) is 27.5 Å². The highest BCUT2D eigenvalue weighted by atomic mass is 32.2. The molecular weight excluding hydrogens is 547 g/mol. The van der Waals surface area contributed by atoms with Crippen molar-refractivity contribution < 1.29 is 22.7 Å². The van der Waals surface area contributed by atoms with E-state index in [1.54, 1.807) is 55.6 Å². The van der Waals surface area contributed by atoms with Crippen LogP contribution in [0.25, 0.3) is 0 Å². The van der Waals surface area contributed by atoms with Gasteiger partial charge in [-0.05, 0) is 87.7 Å². The first-order valence-corrected chi connectivity index (χ1v) is 15.3. The number of aliphatic hydroxyl groups is 1. The van der Waals surface area contributed by atoms with Crippen molar-refractivity contribution in [1.29, 1.82) is 0 Å². The van der Waals surface area contributed by atoms with Crippen molar-refractivity contribution in [2.24, 2.45) is 0 Å². The second-order valence-corrected chi connectivity index (χ2v) is 13.1. The van der Waals surface area contributed by atoms with E-state index in [0.717, 1.165) is 0 Å². The lowest BCUT2D eigenvalue weighted by molar-refractivity contribution is -0.101. The standard InChI is InChI=1S/C29H37FN6O4S/c1-20-15-24(7-10-26(20)30)32-27-11-13-31-28(34-27)33-23-5-8-25(9-6-23)41(38,39)36-14-4-12-29(37,19-36)18-35-16-21(2)40-22(3)17-35/h5-11,13,15,21-22,37H,4,12,14,16-19H2,1-3H3,(H2,31,32,33,34)/t21-,22+,29?. The number of sulfonamides is 1. The van der Waals surface area contributed by atoms with Gasteiger partial charge in [-0.3, -0.25) is 4.90 Å². The van der Waals surface area contributed by atoms with Crippen LogP contribution >= 0.6 is 0 Å². The quantitative estimate of drug-likeness (QED) is 0.360. The number of halogens is 1. The number of hydrogen-bond acceptors (Lipinski definition) is 9. The summed E-state index contributed by atoms with van der Waals surface area (Å²) in [4.78, 5) is 11.0. The van der Waals surface area contributed by atoms with Crippen LogP contribution in [0.3, 0.4) is 0 Å². The van der Waals surface area contributed by atoms with Crippen molar-refractivity contribution in [3.05, 3.63) is 66.1 Å². The van der Waals surface area contributed by atoms with E-state index < -0.39 is 15.6 Å². The summed E-state index contributed by atoms with van der Waals surface area (Å²) in [5.41, 5.74) is 0.714. The molecule has 10 nitrogen and oxygen atoms in total. The highest BCUT2D eigenvalue weighted by Crippen LogP contribution is 2.29. The van der Waals surface area contributed by atoms with E-state index in [4.69, 9.17) is 4.74 Å². The zero-order valence-corrected chi connectivity index (χ0v) is 24.4. The Kier molecular flexibility index (Phi) is 8.57. The van der Waals surface area contributed by atoms with Crippen molar-refractivity contribution in [1.82, 2.24) is 19.2 Å². The van der Waals surface area contributed by atoms with Crippen molar-refractivity contribution in [3.63, 3.8) is 0 Å². The zero-order valence-electron chi connectivity index (χ0n) is 23.5. The minimum absolute atomic E-state index is 0.0522. The summed E-state index contributed by atoms with van der Waals surface area (Å²) in [7, 11) is -3.80. The highest BCUT2D eigenvalue weighted by Gasteiger charge is 2.40. The van der Waals surface area contributed by atoms with Gasteiger partial charge in [0, 0.05) is 50.3 Å². The molecule has 0 spiro atoms. The number of ether oxygens (including phenoxy) is 1. The molecule has 2 aromatic carbocycles. The number of rotatable bonds is 8. The summed E-state index contributed by atoms with van der Waals surface area (Å²) < 4.78 is 47.8. The van der Waals surface area contributed by atoms with Crippen LogP contribution in [0.2, 0.25) is 0 Å². The van der Waals surface area contributed by atoms with E-state index in [1.165, 1.54) is 10.4 Å². The topological polar surface area (TPSA) is 120 Å². The first-order chi connectivity index (χ1) is 19.5. The van der Waals surface area contributed by atoms with Crippen LogP contribution in [0.5, 0.6) is 0 Å². The van der Waals surface area contributed by atoms with Gasteiger partial charge in [0.05, 0.1) is 22.7 Å². The molecular formula is C29H37FN6O4S. The van der Waals surface area contributed by atoms with Crippen molar-refractivity contribution >= 4 is 33.2 Å². The monoisotopic (exact) mass is 584 g/mol. The van der Waals surface area contributed by atoms with Crippen LogP contribution in [0.1, 0.15) is 32.3 Å². The Morgan fingerprint density at radius 1 is 1.07 bits per heavy atom. The molecule has 220 valence electrons. The summed E-state index contributed by atoms with van der Waals surface area (Å²) in [6.07, 6.45) is 2.87. The van der Waals surface area contributed by atoms with Crippen LogP contribution < -0.4 is 10.6 Å². The van der Waals surface area contributed by atoms with E-state index in [-0.39, 0.29) is 29.5 Å². The van der Waals surface area contributed by atoms with E-state index in [0.29, 0.717) is 67.7 Å². The number of benzene rings is 2. The molecule has 2 aliphatic rings. The molecule has 41 heavy (non-hydrogen) atoms. The van der Waals surface area contributed by atoms with Gasteiger partial charge in [-0.15, -0.1) is 0 Å². The minimum atomic E-state index is -3.80. The largest absolute Gasteiger partial charge is 0.387 e. The fourth-order valence-electron chi connectivity index (χ4n) is 5.58. The summed E-state index contributed by atoms with van der Waals surface area (Å²) in [6.45, 7) is 7.96. The maximum Gasteiger partial charge on any atom is 0.243 e. The third-order valence-corrected chi connectivity index (χ3v) is 9.23. The number of morpholine rings is 1. The molecule has 2 aliphatic heterocycles. The summed E-state index contributed by atoms with van der Waals surface area (Å²) in [5, 5.41) is 17.6. The fraction of sp³-hybridized carbons (Fsp3) is 0.448. The number of nitrogens with one attached hydrogen (secondary N) is 2. The fourth-order valence-corrected chi connectivity index (χ4v) is 7.14. The lowest BCUT2D eigenvalue weighted by Gasteiger charge is -2.44. The third-order valence-electron chi connectivity index (χ3n) is 7.37. The molecule has 0 amide bonds. The van der Waals surface area contributed by atoms with Crippen LogP contribution in [0.15, 0.2) is 59.6 Å². The second-order valence-electron chi connectivity index (χ2n) is 11.1. The Morgan fingerprint density at radius 3 is 2.49 bits per heavy atom. The van der Waals surface area contributed by atoms with Crippen molar-refractivity contribution in [2.75, 3.05) is 43.4 Å². The maximum atomic E-state index is 13.6. The molecule has 3 heterocycles. The Bertz CT molecular complexity index is 1460. The number of hydrogen-bond donors (Lipinski definition) is 3. The summed E-state index contributed by atoms with van der Waals surface area (Å²) in [5.74, 6) is 0.558. The first kappa shape index (κ1) is 29.3. The number of anilines is 4. The molecule has 3 atom stereocenters. The van der Waals surface area contributed by atoms with E-state index in [2.05, 4.69) is 25.5 Å². The Hall–Kier alpha value is -3.16. The second kappa shape index (κ2) is 12.0. The highest BCUT2D eigenvalue weighted by molar-refractivity contribution is 7.89. The number of aromatic nitrogens is 2. The van der Waals surface area contributed by atoms with Gasteiger partial charge in [0.1, 0.15) is 11.6 Å². The molecule has 0 radical (unpaired) electrons. The summed E-state index contributed by atoms with van der Waals surface area (Å²) >= 11 is 0. The average Bonchev–Trinajstić information content (AvgIpc) is 2.90. The molecule has 0 saturated carbocycles. The van der Waals surface area contributed by atoms with Gasteiger partial charge in [0.15, 0.2) is 0 Å². The molecule has 1 unspecified atom stereocenters. The van der Waals surface area contributed by atoms with Gasteiger partial charge in [-0.2, -0.15) is 9.29 Å². The SMILES string of the molecule is Cc1cc(Nc2ccnc(Nc3ccc(S(=O)(=O)N4CCCC(O)(CN5C[C@@H](C)O[C@@H](C)C5)C4)cc3)n2)ccc1F. The first-order valence-electron chi connectivity index (χ1n) is 13.8. The number of β-amino-alcohol motifs (C(OH)–C–C–N with tert-alkyl or cyclic N) is 1. The smallest absolute Gasteiger partial charge is 0.243 e. The Labute approximate surface area is 240 Å². The van der Waals surface area contributed by atoms with E-state index in [9.17, 15) is 17.9 Å². The van der Waals surface area contributed by atoms with Crippen LogP contribution in [-0.4, -0.2) is 83.2 Å². The molecule has 1 aromatic heterocycles. The predicted octanol–water partition coefficient (Wildman–Crippen LogP) is 4.04. The van der Waals surface area contributed by atoms with Crippen molar-refractivity contribution in [2.45, 2.75) is 56.3 Å². The van der Waals surface area contributed by atoms with E-state index >= 15 is 0 Å². The molecule has 0 aliphatic carbocycles. The number of nitrogens with zero attached hydrogens (tertiary/aromatic N) is 4. The van der Waals surface area contributed by atoms with Gasteiger partial charge in [0.25, 0.3) is 0 Å². The van der Waals surface area contributed by atoms with Gasteiger partial charge in [-0.1, -0.05) is 0 Å².